The Morgan fingerprint density at radius 2 is 0.745 bits per heavy atom. The van der Waals surface area contributed by atoms with Crippen LogP contribution in [0.2, 0.25) is 0 Å². The van der Waals surface area contributed by atoms with Crippen LogP contribution in [0.5, 0.6) is 0 Å². The molecule has 0 aliphatic heterocycles. The van der Waals surface area contributed by atoms with Gasteiger partial charge >= 0.3 is 0 Å². The van der Waals surface area contributed by atoms with Gasteiger partial charge in [0.05, 0.1) is 0 Å². The van der Waals surface area contributed by atoms with Gasteiger partial charge in [-0.3, -0.25) is 18.0 Å². The zero-order valence-corrected chi connectivity index (χ0v) is 29.9. The third-order valence-electron chi connectivity index (χ3n) is 7.49. The van der Waals surface area contributed by atoms with Crippen molar-refractivity contribution < 1.29 is 36.2 Å². The Hall–Kier alpha value is -2.89. The van der Waals surface area contributed by atoms with Crippen LogP contribution in [0.3, 0.4) is 0 Å². The van der Waals surface area contributed by atoms with Gasteiger partial charge in [-0.05, 0) is 12.8 Å². The summed E-state index contributed by atoms with van der Waals surface area (Å²) in [6.45, 7) is 5.64. The summed E-state index contributed by atoms with van der Waals surface area (Å²) in [6, 6.07) is 11.8. The first-order valence-electron chi connectivity index (χ1n) is 17.7. The third-order valence-corrected chi connectivity index (χ3v) is 7.49. The summed E-state index contributed by atoms with van der Waals surface area (Å²) in [6.07, 6.45) is 32.3. The molecule has 0 fully saturated rings. The highest BCUT2D eigenvalue weighted by atomic mass is 32.3. The van der Waals surface area contributed by atoms with Crippen molar-refractivity contribution in [2.75, 3.05) is 0 Å². The van der Waals surface area contributed by atoms with Crippen LogP contribution >= 0.6 is 0 Å². The molecule has 11 heteroatoms. The number of nitrogens with zero attached hydrogens (tertiary/aromatic N) is 2. The van der Waals surface area contributed by atoms with E-state index >= 15 is 0 Å². The predicted octanol–water partition coefficient (Wildman–Crippen LogP) is 6.60. The Morgan fingerprint density at radius 1 is 0.489 bits per heavy atom. The fraction of sp³-hybridized carbons (Fsp3) is 0.667. The molecule has 2 N–H and O–H groups in total. The van der Waals surface area contributed by atoms with Crippen LogP contribution in [0.25, 0.3) is 0 Å². The molecule has 10 nitrogen and oxygen atoms in total. The topological polar surface area (TPSA) is 146 Å². The zero-order valence-electron chi connectivity index (χ0n) is 29.1. The molecule has 0 aromatic carbocycles. The molecule has 0 unspecified atom stereocenters. The second-order valence-electron chi connectivity index (χ2n) is 11.9. The Bertz CT molecular complexity index is 1020. The van der Waals surface area contributed by atoms with Crippen LogP contribution in [-0.2, 0) is 33.3 Å². The van der Waals surface area contributed by atoms with Crippen molar-refractivity contribution >= 4 is 22.2 Å². The minimum atomic E-state index is -5.17. The lowest BCUT2D eigenvalue weighted by molar-refractivity contribution is -0.700. The summed E-state index contributed by atoms with van der Waals surface area (Å²) < 4.78 is 38.0. The van der Waals surface area contributed by atoms with Gasteiger partial charge in [-0.15, -0.1) is 0 Å². The maximum atomic E-state index is 11.7. The fourth-order valence-corrected chi connectivity index (χ4v) is 4.81. The smallest absolute Gasteiger partial charge is 0.224 e. The van der Waals surface area contributed by atoms with Crippen molar-refractivity contribution in [3.8, 4) is 0 Å². The van der Waals surface area contributed by atoms with Gasteiger partial charge in [0.2, 0.25) is 25.2 Å². The lowest BCUT2D eigenvalue weighted by Gasteiger charge is -2.06. The van der Waals surface area contributed by atoms with Gasteiger partial charge in [0.25, 0.3) is 0 Å². The first-order valence-corrected chi connectivity index (χ1v) is 19.1. The van der Waals surface area contributed by atoms with Crippen molar-refractivity contribution in [3.05, 3.63) is 61.2 Å². The summed E-state index contributed by atoms with van der Waals surface area (Å²) in [7, 11) is -5.17. The van der Waals surface area contributed by atoms with Crippen molar-refractivity contribution in [2.45, 2.75) is 156 Å². The molecule has 0 saturated carbocycles. The van der Waals surface area contributed by atoms with E-state index in [-0.39, 0.29) is 11.8 Å². The third kappa shape index (κ3) is 35.8. The highest BCUT2D eigenvalue weighted by Gasteiger charge is 2.05. The molecule has 0 atom stereocenters. The first-order chi connectivity index (χ1) is 22.7. The number of nitrogens with one attached hydrogen (secondary N) is 2. The van der Waals surface area contributed by atoms with Crippen LogP contribution in [-0.4, -0.2) is 29.3 Å². The van der Waals surface area contributed by atoms with E-state index in [0.717, 1.165) is 12.8 Å². The second-order valence-corrected chi connectivity index (χ2v) is 12.7. The van der Waals surface area contributed by atoms with Crippen LogP contribution < -0.4 is 19.8 Å². The van der Waals surface area contributed by atoms with E-state index < -0.39 is 10.4 Å². The molecule has 2 amide bonds. The number of carbonyl (C=O) groups excluding carboxylic acids is 2. The molecule has 268 valence electrons. The quantitative estimate of drug-likeness (QED) is 0.0554. The van der Waals surface area contributed by atoms with E-state index in [9.17, 15) is 9.59 Å². The standard InChI is InChI=1S/2C18H30N2O.H2O4S/c2*1-2-3-4-5-6-7-8-9-11-14-18(21)19-17-20-15-12-10-13-16-20;1-5(2,3)4/h2*10,12-13,15-16H,2-9,11,14,17H2,1H3;(H2,1,2,3,4). The number of unbranched alkanes of at least 4 members (excludes halogenated alkanes) is 16. The molecule has 0 bridgehead atoms. The molecule has 2 rings (SSSR count). The van der Waals surface area contributed by atoms with Gasteiger partial charge in [-0.1, -0.05) is 129 Å². The SMILES string of the molecule is CCCCCCCCCCCC(=O)NC[n+]1ccccc1.CCCCCCCCCCCC(=O)NC[n+]1ccccc1.O=S(=O)([O-])[O-]. The maximum absolute atomic E-state index is 11.7. The normalized spacial score (nSPS) is 10.6. The highest BCUT2D eigenvalue weighted by Crippen LogP contribution is 2.11. The molecule has 0 aliphatic carbocycles. The number of hydrogen-bond acceptors (Lipinski definition) is 6. The summed E-state index contributed by atoms with van der Waals surface area (Å²) >= 11 is 0. The van der Waals surface area contributed by atoms with Crippen LogP contribution in [0.1, 0.15) is 142 Å². The molecular weight excluding hydrogens is 616 g/mol. The summed E-state index contributed by atoms with van der Waals surface area (Å²) in [4.78, 5) is 23.4. The van der Waals surface area contributed by atoms with E-state index in [2.05, 4.69) is 24.5 Å². The van der Waals surface area contributed by atoms with E-state index in [1.807, 2.05) is 70.3 Å². The summed E-state index contributed by atoms with van der Waals surface area (Å²) in [5, 5.41) is 5.90. The maximum Gasteiger partial charge on any atom is 0.224 e. The molecule has 2 heterocycles. The Labute approximate surface area is 285 Å². The van der Waals surface area contributed by atoms with E-state index in [1.165, 1.54) is 103 Å². The molecule has 0 spiro atoms. The van der Waals surface area contributed by atoms with Gasteiger partial charge < -0.3 is 19.7 Å². The van der Waals surface area contributed by atoms with Crippen molar-refractivity contribution in [1.82, 2.24) is 10.6 Å². The van der Waals surface area contributed by atoms with Crippen molar-refractivity contribution in [2.24, 2.45) is 0 Å². The van der Waals surface area contributed by atoms with E-state index in [4.69, 9.17) is 17.5 Å². The predicted molar refractivity (Wildman–Crippen MR) is 184 cm³/mol. The number of rotatable bonds is 24. The van der Waals surface area contributed by atoms with E-state index in [0.29, 0.717) is 26.2 Å². The van der Waals surface area contributed by atoms with Gasteiger partial charge in [-0.25, -0.2) is 0 Å². The minimum absolute atomic E-state index is 0.161. The second kappa shape index (κ2) is 31.7. The number of carbonyl (C=O) groups is 2. The molecule has 2 aromatic heterocycles. The number of hydrogen-bond donors (Lipinski definition) is 2. The van der Waals surface area contributed by atoms with Crippen molar-refractivity contribution in [1.29, 1.82) is 0 Å². The molecular formula is C36H62N4O6S. The first kappa shape index (κ1) is 44.1. The highest BCUT2D eigenvalue weighted by molar-refractivity contribution is 7.79. The molecule has 0 radical (unpaired) electrons. The molecule has 2 aromatic rings. The average Bonchev–Trinajstić information content (AvgIpc) is 3.05. The monoisotopic (exact) mass is 678 g/mol. The Kier molecular flexibility index (Phi) is 29.7. The Balaban J connectivity index is 0.000000787. The van der Waals surface area contributed by atoms with Crippen molar-refractivity contribution in [3.63, 3.8) is 0 Å². The summed E-state index contributed by atoms with van der Waals surface area (Å²) in [5.41, 5.74) is 0. The van der Waals surface area contributed by atoms with Gasteiger partial charge in [0, 0.05) is 47.5 Å². The van der Waals surface area contributed by atoms with Gasteiger partial charge in [0.15, 0.2) is 24.8 Å². The molecule has 0 saturated heterocycles. The van der Waals surface area contributed by atoms with Gasteiger partial charge in [-0.2, -0.15) is 9.13 Å². The van der Waals surface area contributed by atoms with Crippen LogP contribution in [0.15, 0.2) is 61.2 Å². The minimum Gasteiger partial charge on any atom is -0.759 e. The lowest BCUT2D eigenvalue weighted by atomic mass is 10.1. The van der Waals surface area contributed by atoms with E-state index in [1.54, 1.807) is 0 Å². The van der Waals surface area contributed by atoms with Crippen LogP contribution in [0, 0.1) is 0 Å². The summed E-state index contributed by atoms with van der Waals surface area (Å²) in [5.74, 6) is 0.323. The zero-order chi connectivity index (χ0) is 34.9. The number of pyridine rings is 2. The van der Waals surface area contributed by atoms with Gasteiger partial charge in [0.1, 0.15) is 0 Å². The number of aromatic nitrogens is 2. The number of amides is 2. The lowest BCUT2D eigenvalue weighted by Crippen LogP contribution is -2.42. The molecule has 0 aliphatic rings. The average molecular weight is 679 g/mol. The van der Waals surface area contributed by atoms with Crippen LogP contribution in [0.4, 0.5) is 0 Å². The largest absolute Gasteiger partial charge is 0.759 e. The fourth-order valence-electron chi connectivity index (χ4n) is 4.81. The Morgan fingerprint density at radius 3 is 1.02 bits per heavy atom. The molecule has 47 heavy (non-hydrogen) atoms.